The highest BCUT2D eigenvalue weighted by Crippen LogP contribution is 2.19. The standard InChI is InChI=1S/C12H12ClN3OS/c1-14-11-10(13)5-8(6-15-11)12(17)16-7-9-3-2-4-18-9/h2-6H,7H2,1H3,(H,14,15)(H,16,17). The highest BCUT2D eigenvalue weighted by Gasteiger charge is 2.09. The van der Waals surface area contributed by atoms with Crippen molar-refractivity contribution >= 4 is 34.7 Å². The number of hydrogen-bond acceptors (Lipinski definition) is 4. The van der Waals surface area contributed by atoms with Crippen LogP contribution in [-0.4, -0.2) is 17.9 Å². The van der Waals surface area contributed by atoms with Crippen molar-refractivity contribution < 1.29 is 4.79 Å². The Morgan fingerprint density at radius 2 is 2.39 bits per heavy atom. The van der Waals surface area contributed by atoms with E-state index in [0.717, 1.165) is 4.88 Å². The summed E-state index contributed by atoms with van der Waals surface area (Å²) in [5.41, 5.74) is 0.454. The Kier molecular flexibility index (Phi) is 4.17. The molecule has 0 saturated carbocycles. The molecule has 0 saturated heterocycles. The third kappa shape index (κ3) is 3.00. The first kappa shape index (κ1) is 12.9. The Morgan fingerprint density at radius 3 is 3.00 bits per heavy atom. The Labute approximate surface area is 114 Å². The zero-order chi connectivity index (χ0) is 13.0. The van der Waals surface area contributed by atoms with Gasteiger partial charge in [-0.15, -0.1) is 11.3 Å². The lowest BCUT2D eigenvalue weighted by molar-refractivity contribution is 0.0951. The third-order valence-corrected chi connectivity index (χ3v) is 3.51. The van der Waals surface area contributed by atoms with E-state index in [2.05, 4.69) is 15.6 Å². The molecule has 0 fully saturated rings. The predicted molar refractivity (Wildman–Crippen MR) is 74.3 cm³/mol. The van der Waals surface area contributed by atoms with Gasteiger partial charge < -0.3 is 10.6 Å². The average Bonchev–Trinajstić information content (AvgIpc) is 2.89. The number of hydrogen-bond donors (Lipinski definition) is 2. The molecule has 0 aliphatic carbocycles. The molecule has 0 unspecified atom stereocenters. The maximum Gasteiger partial charge on any atom is 0.253 e. The molecule has 94 valence electrons. The van der Waals surface area contributed by atoms with E-state index in [4.69, 9.17) is 11.6 Å². The van der Waals surface area contributed by atoms with Gasteiger partial charge in [0.2, 0.25) is 0 Å². The Hall–Kier alpha value is -1.59. The van der Waals surface area contributed by atoms with E-state index in [1.54, 1.807) is 24.5 Å². The molecule has 2 aromatic heterocycles. The van der Waals surface area contributed by atoms with Crippen molar-refractivity contribution in [2.45, 2.75) is 6.54 Å². The molecule has 0 spiro atoms. The van der Waals surface area contributed by atoms with Gasteiger partial charge in [-0.25, -0.2) is 4.98 Å². The summed E-state index contributed by atoms with van der Waals surface area (Å²) in [6.45, 7) is 0.516. The summed E-state index contributed by atoms with van der Waals surface area (Å²) in [5, 5.41) is 8.07. The van der Waals surface area contributed by atoms with Crippen LogP contribution in [0, 0.1) is 0 Å². The maximum absolute atomic E-state index is 11.9. The first-order valence-electron chi connectivity index (χ1n) is 5.34. The van der Waals surface area contributed by atoms with Gasteiger partial charge in [0.05, 0.1) is 17.1 Å². The first-order chi connectivity index (χ1) is 8.70. The van der Waals surface area contributed by atoms with Crippen LogP contribution in [0.4, 0.5) is 5.82 Å². The van der Waals surface area contributed by atoms with Crippen molar-refractivity contribution in [3.8, 4) is 0 Å². The van der Waals surface area contributed by atoms with Crippen molar-refractivity contribution in [2.24, 2.45) is 0 Å². The minimum Gasteiger partial charge on any atom is -0.372 e. The van der Waals surface area contributed by atoms with Crippen LogP contribution in [0.3, 0.4) is 0 Å². The average molecular weight is 282 g/mol. The SMILES string of the molecule is CNc1ncc(C(=O)NCc2cccs2)cc1Cl. The molecule has 0 aliphatic heterocycles. The summed E-state index contributed by atoms with van der Waals surface area (Å²) in [6.07, 6.45) is 1.50. The van der Waals surface area contributed by atoms with E-state index in [1.807, 2.05) is 17.5 Å². The number of pyridine rings is 1. The predicted octanol–water partition coefficient (Wildman–Crippen LogP) is 2.77. The maximum atomic E-state index is 11.9. The number of nitrogens with one attached hydrogen (secondary N) is 2. The van der Waals surface area contributed by atoms with E-state index in [0.29, 0.717) is 22.9 Å². The minimum absolute atomic E-state index is 0.180. The molecule has 0 aliphatic rings. The van der Waals surface area contributed by atoms with Crippen LogP contribution in [0.15, 0.2) is 29.8 Å². The smallest absolute Gasteiger partial charge is 0.253 e. The van der Waals surface area contributed by atoms with E-state index in [9.17, 15) is 4.79 Å². The van der Waals surface area contributed by atoms with Crippen molar-refractivity contribution in [3.63, 3.8) is 0 Å². The molecule has 4 nitrogen and oxygen atoms in total. The molecule has 2 rings (SSSR count). The van der Waals surface area contributed by atoms with Crippen LogP contribution in [0.2, 0.25) is 5.02 Å². The minimum atomic E-state index is -0.180. The van der Waals surface area contributed by atoms with Gasteiger partial charge in [-0.1, -0.05) is 17.7 Å². The van der Waals surface area contributed by atoms with Gasteiger partial charge in [-0.05, 0) is 17.5 Å². The molecule has 0 bridgehead atoms. The molecule has 1 amide bonds. The summed E-state index contributed by atoms with van der Waals surface area (Å²) >= 11 is 7.57. The second-order valence-electron chi connectivity index (χ2n) is 3.57. The van der Waals surface area contributed by atoms with Crippen molar-refractivity contribution in [1.29, 1.82) is 0 Å². The summed E-state index contributed by atoms with van der Waals surface area (Å²) in [4.78, 5) is 17.0. The molecular weight excluding hydrogens is 270 g/mol. The van der Waals surface area contributed by atoms with Gasteiger partial charge in [-0.3, -0.25) is 4.79 Å². The number of rotatable bonds is 4. The number of halogens is 1. The number of nitrogens with zero attached hydrogens (tertiary/aromatic N) is 1. The molecule has 0 atom stereocenters. The van der Waals surface area contributed by atoms with Gasteiger partial charge in [0.15, 0.2) is 0 Å². The van der Waals surface area contributed by atoms with Gasteiger partial charge in [0.1, 0.15) is 5.82 Å². The van der Waals surface area contributed by atoms with Crippen LogP contribution in [-0.2, 0) is 6.54 Å². The third-order valence-electron chi connectivity index (χ3n) is 2.34. The highest BCUT2D eigenvalue weighted by atomic mass is 35.5. The molecule has 0 aromatic carbocycles. The number of carbonyl (C=O) groups is 1. The van der Waals surface area contributed by atoms with E-state index in [1.165, 1.54) is 6.20 Å². The molecule has 2 aromatic rings. The second-order valence-corrected chi connectivity index (χ2v) is 5.01. The fourth-order valence-electron chi connectivity index (χ4n) is 1.43. The lowest BCUT2D eigenvalue weighted by Gasteiger charge is -2.06. The van der Waals surface area contributed by atoms with E-state index >= 15 is 0 Å². The molecular formula is C12H12ClN3OS. The van der Waals surface area contributed by atoms with Crippen LogP contribution >= 0.6 is 22.9 Å². The van der Waals surface area contributed by atoms with Crippen LogP contribution < -0.4 is 10.6 Å². The Morgan fingerprint density at radius 1 is 1.56 bits per heavy atom. The lowest BCUT2D eigenvalue weighted by Crippen LogP contribution is -2.22. The number of amides is 1. The monoisotopic (exact) mass is 281 g/mol. The van der Waals surface area contributed by atoms with E-state index < -0.39 is 0 Å². The Balaban J connectivity index is 2.02. The van der Waals surface area contributed by atoms with Crippen molar-refractivity contribution in [1.82, 2.24) is 10.3 Å². The number of aromatic nitrogens is 1. The fraction of sp³-hybridized carbons (Fsp3) is 0.167. The van der Waals surface area contributed by atoms with Gasteiger partial charge in [0.25, 0.3) is 5.91 Å². The van der Waals surface area contributed by atoms with Gasteiger partial charge >= 0.3 is 0 Å². The molecule has 6 heteroatoms. The second kappa shape index (κ2) is 5.84. The first-order valence-corrected chi connectivity index (χ1v) is 6.60. The van der Waals surface area contributed by atoms with Gasteiger partial charge in [0, 0.05) is 18.1 Å². The summed E-state index contributed by atoms with van der Waals surface area (Å²) in [5.74, 6) is 0.381. The van der Waals surface area contributed by atoms with Crippen molar-refractivity contribution in [2.75, 3.05) is 12.4 Å². The normalized spacial score (nSPS) is 10.1. The lowest BCUT2D eigenvalue weighted by atomic mass is 10.2. The summed E-state index contributed by atoms with van der Waals surface area (Å²) in [7, 11) is 1.73. The van der Waals surface area contributed by atoms with Crippen LogP contribution in [0.1, 0.15) is 15.2 Å². The van der Waals surface area contributed by atoms with E-state index in [-0.39, 0.29) is 5.91 Å². The van der Waals surface area contributed by atoms with Crippen LogP contribution in [0.25, 0.3) is 0 Å². The molecule has 2 heterocycles. The molecule has 2 N–H and O–H groups in total. The molecule has 0 radical (unpaired) electrons. The zero-order valence-corrected chi connectivity index (χ0v) is 11.3. The topological polar surface area (TPSA) is 54.0 Å². The number of carbonyl (C=O) groups excluding carboxylic acids is 1. The Bertz CT molecular complexity index is 542. The number of anilines is 1. The molecule has 18 heavy (non-hydrogen) atoms. The van der Waals surface area contributed by atoms with Crippen LogP contribution in [0.5, 0.6) is 0 Å². The largest absolute Gasteiger partial charge is 0.372 e. The fourth-order valence-corrected chi connectivity index (χ4v) is 2.33. The van der Waals surface area contributed by atoms with Gasteiger partial charge in [-0.2, -0.15) is 0 Å². The number of thiophene rings is 1. The zero-order valence-electron chi connectivity index (χ0n) is 9.74. The summed E-state index contributed by atoms with van der Waals surface area (Å²) < 4.78 is 0. The quantitative estimate of drug-likeness (QED) is 0.906. The highest BCUT2D eigenvalue weighted by molar-refractivity contribution is 7.09. The van der Waals surface area contributed by atoms with Crippen molar-refractivity contribution in [3.05, 3.63) is 45.2 Å². The summed E-state index contributed by atoms with van der Waals surface area (Å²) in [6, 6.07) is 5.52.